The fourth-order valence-electron chi connectivity index (χ4n) is 1.94. The monoisotopic (exact) mass is 292 g/mol. The zero-order valence-corrected chi connectivity index (χ0v) is 10.8. The zero-order chi connectivity index (χ0) is 13.1. The second kappa shape index (κ2) is 6.79. The van der Waals surface area contributed by atoms with Crippen LogP contribution in [0.15, 0.2) is 18.2 Å². The van der Waals surface area contributed by atoms with Gasteiger partial charge in [0.1, 0.15) is 11.6 Å². The zero-order valence-electron chi connectivity index (χ0n) is 10.0. The van der Waals surface area contributed by atoms with Crippen molar-refractivity contribution < 1.29 is 18.7 Å². The molecule has 1 aliphatic heterocycles. The molecule has 0 saturated carbocycles. The van der Waals surface area contributed by atoms with E-state index in [2.05, 4.69) is 10.6 Å². The van der Waals surface area contributed by atoms with E-state index in [0.29, 0.717) is 18.5 Å². The molecule has 1 aromatic rings. The molecule has 1 fully saturated rings. The Bertz CT molecular complexity index is 439. The van der Waals surface area contributed by atoms with Crippen molar-refractivity contribution >= 4 is 18.3 Å². The lowest BCUT2D eigenvalue weighted by atomic mass is 10.1. The van der Waals surface area contributed by atoms with E-state index in [4.69, 9.17) is 0 Å². The third kappa shape index (κ3) is 4.41. The van der Waals surface area contributed by atoms with Crippen molar-refractivity contribution in [1.82, 2.24) is 10.6 Å². The predicted molar refractivity (Wildman–Crippen MR) is 67.9 cm³/mol. The molecule has 19 heavy (non-hydrogen) atoms. The number of carbonyl (C=O) groups is 1. The molecule has 2 unspecified atom stereocenters. The van der Waals surface area contributed by atoms with Crippen molar-refractivity contribution in [2.75, 3.05) is 6.54 Å². The third-order valence-corrected chi connectivity index (χ3v) is 2.81. The molecule has 0 aliphatic carbocycles. The number of nitrogens with one attached hydrogen (secondary N) is 2. The van der Waals surface area contributed by atoms with Crippen LogP contribution in [0.25, 0.3) is 0 Å². The van der Waals surface area contributed by atoms with Crippen LogP contribution in [0.4, 0.5) is 8.78 Å². The molecule has 2 atom stereocenters. The lowest BCUT2D eigenvalue weighted by molar-refractivity contribution is -0.123. The van der Waals surface area contributed by atoms with E-state index in [-0.39, 0.29) is 24.9 Å². The molecule has 0 radical (unpaired) electrons. The van der Waals surface area contributed by atoms with E-state index < -0.39 is 23.8 Å². The fraction of sp³-hybridized carbons (Fsp3) is 0.417. The summed E-state index contributed by atoms with van der Waals surface area (Å²) < 4.78 is 25.8. The first-order valence-electron chi connectivity index (χ1n) is 5.69. The molecule has 4 nitrogen and oxygen atoms in total. The summed E-state index contributed by atoms with van der Waals surface area (Å²) in [7, 11) is 0. The molecule has 0 aromatic heterocycles. The minimum Gasteiger partial charge on any atom is -0.392 e. The second-order valence-corrected chi connectivity index (χ2v) is 4.35. The van der Waals surface area contributed by atoms with Crippen LogP contribution in [0.3, 0.4) is 0 Å². The van der Waals surface area contributed by atoms with Gasteiger partial charge in [-0.2, -0.15) is 0 Å². The molecule has 1 amide bonds. The maximum Gasteiger partial charge on any atom is 0.237 e. The first-order chi connectivity index (χ1) is 8.54. The summed E-state index contributed by atoms with van der Waals surface area (Å²) in [6.07, 6.45) is -0.170. The van der Waals surface area contributed by atoms with Gasteiger partial charge in [-0.3, -0.25) is 4.79 Å². The van der Waals surface area contributed by atoms with E-state index in [1.165, 1.54) is 12.1 Å². The van der Waals surface area contributed by atoms with Gasteiger partial charge in [0.05, 0.1) is 12.1 Å². The summed E-state index contributed by atoms with van der Waals surface area (Å²) in [5, 5.41) is 14.7. The Hall–Kier alpha value is -1.24. The standard InChI is InChI=1S/C12H14F2N2O2.ClH/c13-8-1-7(2-9(14)3-8)5-16-12(18)11-4-10(17)6-15-11;/h1-3,10-11,15,17H,4-6H2,(H,16,18);1H. The number of hydrogen-bond donors (Lipinski definition) is 3. The van der Waals surface area contributed by atoms with Gasteiger partial charge in [0.25, 0.3) is 0 Å². The summed E-state index contributed by atoms with van der Waals surface area (Å²) in [5.74, 6) is -1.63. The average molecular weight is 293 g/mol. The average Bonchev–Trinajstić information content (AvgIpc) is 2.71. The lowest BCUT2D eigenvalue weighted by Gasteiger charge is -2.11. The van der Waals surface area contributed by atoms with Gasteiger partial charge in [-0.25, -0.2) is 8.78 Å². The first-order valence-corrected chi connectivity index (χ1v) is 5.69. The van der Waals surface area contributed by atoms with Crippen molar-refractivity contribution in [3.05, 3.63) is 35.4 Å². The number of aliphatic hydroxyl groups excluding tert-OH is 1. The molecule has 106 valence electrons. The van der Waals surface area contributed by atoms with Crippen LogP contribution < -0.4 is 10.6 Å². The van der Waals surface area contributed by atoms with E-state index in [0.717, 1.165) is 6.07 Å². The van der Waals surface area contributed by atoms with Crippen molar-refractivity contribution in [3.63, 3.8) is 0 Å². The topological polar surface area (TPSA) is 61.4 Å². The number of rotatable bonds is 3. The number of carbonyl (C=O) groups excluding carboxylic acids is 1. The highest BCUT2D eigenvalue weighted by molar-refractivity contribution is 5.85. The SMILES string of the molecule is Cl.O=C(NCc1cc(F)cc(F)c1)C1CC(O)CN1. The van der Waals surface area contributed by atoms with Crippen molar-refractivity contribution in [3.8, 4) is 0 Å². The molecule has 0 bridgehead atoms. The molecule has 2 rings (SSSR count). The molecule has 1 heterocycles. The smallest absolute Gasteiger partial charge is 0.237 e. The van der Waals surface area contributed by atoms with Crippen molar-refractivity contribution in [1.29, 1.82) is 0 Å². The van der Waals surface area contributed by atoms with Gasteiger partial charge in [-0.15, -0.1) is 12.4 Å². The fourth-order valence-corrected chi connectivity index (χ4v) is 1.94. The van der Waals surface area contributed by atoms with E-state index >= 15 is 0 Å². The van der Waals surface area contributed by atoms with Crippen molar-refractivity contribution in [2.24, 2.45) is 0 Å². The van der Waals surface area contributed by atoms with Crippen LogP contribution in [-0.2, 0) is 11.3 Å². The maximum absolute atomic E-state index is 12.9. The molecular weight excluding hydrogens is 278 g/mol. The highest BCUT2D eigenvalue weighted by atomic mass is 35.5. The highest BCUT2D eigenvalue weighted by Crippen LogP contribution is 2.09. The molecule has 7 heteroatoms. The van der Waals surface area contributed by atoms with Gasteiger partial charge in [0, 0.05) is 19.2 Å². The van der Waals surface area contributed by atoms with Crippen LogP contribution in [0.2, 0.25) is 0 Å². The summed E-state index contributed by atoms with van der Waals surface area (Å²) in [6.45, 7) is 0.439. The Morgan fingerprint density at radius 3 is 2.53 bits per heavy atom. The summed E-state index contributed by atoms with van der Waals surface area (Å²) in [4.78, 5) is 11.7. The van der Waals surface area contributed by atoms with Crippen LogP contribution >= 0.6 is 12.4 Å². The number of β-amino-alcohol motifs (C(OH)–C–C–N with tert-alkyl or cyclic N) is 1. The summed E-state index contributed by atoms with van der Waals surface area (Å²) in [5.41, 5.74) is 0.361. The van der Waals surface area contributed by atoms with Crippen LogP contribution in [0.1, 0.15) is 12.0 Å². The maximum atomic E-state index is 12.9. The highest BCUT2D eigenvalue weighted by Gasteiger charge is 2.27. The van der Waals surface area contributed by atoms with E-state index in [1.807, 2.05) is 0 Å². The normalized spacial score (nSPS) is 21.8. The Kier molecular flexibility index (Phi) is 5.65. The Labute approximate surface area is 115 Å². The molecule has 1 aliphatic rings. The van der Waals surface area contributed by atoms with Crippen LogP contribution in [-0.4, -0.2) is 29.7 Å². The van der Waals surface area contributed by atoms with E-state index in [1.54, 1.807) is 0 Å². The van der Waals surface area contributed by atoms with E-state index in [9.17, 15) is 18.7 Å². The predicted octanol–water partition coefficient (Wildman–Crippen LogP) is 0.726. The Balaban J connectivity index is 0.00000180. The first kappa shape index (κ1) is 15.8. The van der Waals surface area contributed by atoms with Gasteiger partial charge in [0.15, 0.2) is 0 Å². The minimum atomic E-state index is -0.673. The van der Waals surface area contributed by atoms with Gasteiger partial charge in [0.2, 0.25) is 5.91 Å². The molecule has 1 aromatic carbocycles. The number of hydrogen-bond acceptors (Lipinski definition) is 3. The largest absolute Gasteiger partial charge is 0.392 e. The Morgan fingerprint density at radius 1 is 1.37 bits per heavy atom. The van der Waals surface area contributed by atoms with Crippen LogP contribution in [0.5, 0.6) is 0 Å². The minimum absolute atomic E-state index is 0. The number of benzene rings is 1. The third-order valence-electron chi connectivity index (χ3n) is 2.81. The quantitative estimate of drug-likeness (QED) is 0.769. The number of halogens is 3. The van der Waals surface area contributed by atoms with Gasteiger partial charge in [-0.05, 0) is 24.1 Å². The second-order valence-electron chi connectivity index (χ2n) is 4.35. The molecule has 0 spiro atoms. The van der Waals surface area contributed by atoms with Gasteiger partial charge >= 0.3 is 0 Å². The number of aliphatic hydroxyl groups is 1. The summed E-state index contributed by atoms with van der Waals surface area (Å²) in [6, 6.07) is 2.67. The lowest BCUT2D eigenvalue weighted by Crippen LogP contribution is -2.40. The molecule has 3 N–H and O–H groups in total. The van der Waals surface area contributed by atoms with Crippen LogP contribution in [0, 0.1) is 11.6 Å². The Morgan fingerprint density at radius 2 is 2.00 bits per heavy atom. The number of amides is 1. The van der Waals surface area contributed by atoms with Crippen molar-refractivity contribution in [2.45, 2.75) is 25.1 Å². The molecule has 1 saturated heterocycles. The van der Waals surface area contributed by atoms with Gasteiger partial charge < -0.3 is 15.7 Å². The van der Waals surface area contributed by atoms with Gasteiger partial charge in [-0.1, -0.05) is 0 Å². The summed E-state index contributed by atoms with van der Waals surface area (Å²) >= 11 is 0. The molecular formula is C12H15ClF2N2O2.